The van der Waals surface area contributed by atoms with Gasteiger partial charge in [0.2, 0.25) is 0 Å². The average molecular weight is 289 g/mol. The summed E-state index contributed by atoms with van der Waals surface area (Å²) in [6, 6.07) is 0. The fourth-order valence-corrected chi connectivity index (χ4v) is 2.95. The van der Waals surface area contributed by atoms with Crippen molar-refractivity contribution < 1.29 is 0 Å². The van der Waals surface area contributed by atoms with Crippen LogP contribution in [0.2, 0.25) is 0 Å². The molecule has 0 heteroatoms. The van der Waals surface area contributed by atoms with Crippen LogP contribution in [-0.4, -0.2) is 0 Å². The first kappa shape index (κ1) is 18.3. The lowest BCUT2D eigenvalue weighted by Crippen LogP contribution is -2.11. The first-order chi connectivity index (χ1) is 9.90. The molecule has 1 aliphatic carbocycles. The zero-order valence-electron chi connectivity index (χ0n) is 15.2. The summed E-state index contributed by atoms with van der Waals surface area (Å²) in [7, 11) is 0. The first-order valence-electron chi connectivity index (χ1n) is 8.95. The van der Waals surface area contributed by atoms with E-state index in [1.807, 2.05) is 0 Å². The molecule has 0 fully saturated rings. The van der Waals surface area contributed by atoms with Crippen LogP contribution in [-0.2, 0) is 0 Å². The van der Waals surface area contributed by atoms with E-state index in [0.717, 1.165) is 24.2 Å². The maximum Gasteiger partial charge on any atom is -0.0158 e. The summed E-state index contributed by atoms with van der Waals surface area (Å²) in [5, 5.41) is 0. The lowest BCUT2D eigenvalue weighted by Gasteiger charge is -2.22. The normalized spacial score (nSPS) is 19.8. The summed E-state index contributed by atoms with van der Waals surface area (Å²) < 4.78 is 0. The Labute approximate surface area is 133 Å². The largest absolute Gasteiger partial charge is 0.0778 e. The Morgan fingerprint density at radius 2 is 1.43 bits per heavy atom. The minimum absolute atomic E-state index is 0.695. The summed E-state index contributed by atoms with van der Waals surface area (Å²) in [5.74, 6) is 3.25. The SMILES string of the molecule is CC1=CCC=C(C(C)CCC(C)C(C)CCC(C)C)C=C1. The van der Waals surface area contributed by atoms with E-state index in [9.17, 15) is 0 Å². The van der Waals surface area contributed by atoms with Gasteiger partial charge in [-0.3, -0.25) is 0 Å². The van der Waals surface area contributed by atoms with Gasteiger partial charge in [-0.25, -0.2) is 0 Å². The Balaban J connectivity index is 2.37. The van der Waals surface area contributed by atoms with Crippen LogP contribution in [0.25, 0.3) is 0 Å². The van der Waals surface area contributed by atoms with Crippen molar-refractivity contribution in [3.63, 3.8) is 0 Å². The van der Waals surface area contributed by atoms with Gasteiger partial charge in [-0.05, 0) is 55.4 Å². The molecule has 0 saturated heterocycles. The van der Waals surface area contributed by atoms with Gasteiger partial charge in [0.15, 0.2) is 0 Å². The zero-order valence-corrected chi connectivity index (χ0v) is 15.2. The second-order valence-electron chi connectivity index (χ2n) is 7.63. The van der Waals surface area contributed by atoms with Gasteiger partial charge >= 0.3 is 0 Å². The van der Waals surface area contributed by atoms with E-state index < -0.39 is 0 Å². The fraction of sp³-hybridized carbons (Fsp3) is 0.714. The molecular weight excluding hydrogens is 252 g/mol. The van der Waals surface area contributed by atoms with Gasteiger partial charge in [-0.15, -0.1) is 0 Å². The molecule has 3 unspecified atom stereocenters. The molecule has 0 spiro atoms. The van der Waals surface area contributed by atoms with E-state index in [4.69, 9.17) is 0 Å². The first-order valence-corrected chi connectivity index (χ1v) is 8.95. The molecule has 0 N–H and O–H groups in total. The van der Waals surface area contributed by atoms with Crippen molar-refractivity contribution in [3.8, 4) is 0 Å². The molecule has 0 aliphatic heterocycles. The molecule has 0 saturated carbocycles. The molecule has 0 nitrogen and oxygen atoms in total. The van der Waals surface area contributed by atoms with Crippen LogP contribution >= 0.6 is 0 Å². The minimum atomic E-state index is 0.695. The monoisotopic (exact) mass is 288 g/mol. The molecule has 1 aliphatic rings. The highest BCUT2D eigenvalue weighted by molar-refractivity contribution is 5.32. The van der Waals surface area contributed by atoms with E-state index in [-0.39, 0.29) is 0 Å². The molecule has 0 radical (unpaired) electrons. The molecule has 0 heterocycles. The Bertz CT molecular complexity index is 381. The van der Waals surface area contributed by atoms with Gasteiger partial charge in [-0.1, -0.05) is 77.3 Å². The van der Waals surface area contributed by atoms with Gasteiger partial charge in [0.25, 0.3) is 0 Å². The lowest BCUT2D eigenvalue weighted by molar-refractivity contribution is 0.306. The Morgan fingerprint density at radius 3 is 2.05 bits per heavy atom. The topological polar surface area (TPSA) is 0 Å². The smallest absolute Gasteiger partial charge is 0.0158 e. The third-order valence-corrected chi connectivity index (χ3v) is 5.13. The van der Waals surface area contributed by atoms with Gasteiger partial charge in [0.05, 0.1) is 0 Å². The molecule has 0 bridgehead atoms. The third-order valence-electron chi connectivity index (χ3n) is 5.13. The molecule has 1 rings (SSSR count). The summed E-state index contributed by atoms with van der Waals surface area (Å²) in [4.78, 5) is 0. The highest BCUT2D eigenvalue weighted by Crippen LogP contribution is 2.28. The van der Waals surface area contributed by atoms with Crippen molar-refractivity contribution in [1.82, 2.24) is 0 Å². The van der Waals surface area contributed by atoms with E-state index >= 15 is 0 Å². The summed E-state index contributed by atoms with van der Waals surface area (Å²) in [5.41, 5.74) is 2.93. The zero-order chi connectivity index (χ0) is 15.8. The van der Waals surface area contributed by atoms with Crippen LogP contribution in [0.15, 0.2) is 35.5 Å². The molecule has 120 valence electrons. The third kappa shape index (κ3) is 7.16. The number of allylic oxidation sites excluding steroid dienone is 6. The van der Waals surface area contributed by atoms with E-state index in [1.165, 1.54) is 36.8 Å². The second-order valence-corrected chi connectivity index (χ2v) is 7.63. The van der Waals surface area contributed by atoms with Crippen LogP contribution in [0, 0.1) is 23.7 Å². The molecule has 0 amide bonds. The van der Waals surface area contributed by atoms with Crippen LogP contribution in [0.3, 0.4) is 0 Å². The fourth-order valence-electron chi connectivity index (χ4n) is 2.95. The Morgan fingerprint density at radius 1 is 0.810 bits per heavy atom. The van der Waals surface area contributed by atoms with Gasteiger partial charge in [0, 0.05) is 0 Å². The Kier molecular flexibility index (Phi) is 8.07. The lowest BCUT2D eigenvalue weighted by atomic mass is 9.83. The molecule has 3 atom stereocenters. The number of hydrogen-bond acceptors (Lipinski definition) is 0. The van der Waals surface area contributed by atoms with Crippen molar-refractivity contribution in [3.05, 3.63) is 35.5 Å². The highest BCUT2D eigenvalue weighted by Gasteiger charge is 2.15. The van der Waals surface area contributed by atoms with E-state index in [2.05, 4.69) is 65.8 Å². The van der Waals surface area contributed by atoms with Crippen molar-refractivity contribution in [2.45, 2.75) is 73.6 Å². The summed E-state index contributed by atoms with van der Waals surface area (Å²) in [6.07, 6.45) is 15.9. The molecule has 0 aromatic carbocycles. The standard InChI is InChI=1S/C21H36/c1-16(2)10-12-18(4)19(5)13-14-20(6)21-9-7-8-17(3)11-15-21/h8-9,11,15-16,18-20H,7,10,12-14H2,1-6H3. The molecule has 21 heavy (non-hydrogen) atoms. The van der Waals surface area contributed by atoms with Crippen molar-refractivity contribution in [2.75, 3.05) is 0 Å². The summed E-state index contributed by atoms with van der Waals surface area (Å²) in [6.45, 7) is 14.1. The second kappa shape index (κ2) is 9.28. The van der Waals surface area contributed by atoms with E-state index in [0.29, 0.717) is 5.92 Å². The minimum Gasteiger partial charge on any atom is -0.0778 e. The predicted octanol–water partition coefficient (Wildman–Crippen LogP) is 6.94. The average Bonchev–Trinajstić information content (AvgIpc) is 2.66. The van der Waals surface area contributed by atoms with Gasteiger partial charge in [0.1, 0.15) is 0 Å². The van der Waals surface area contributed by atoms with Crippen molar-refractivity contribution in [2.24, 2.45) is 23.7 Å². The quantitative estimate of drug-likeness (QED) is 0.453. The summed E-state index contributed by atoms with van der Waals surface area (Å²) >= 11 is 0. The van der Waals surface area contributed by atoms with Gasteiger partial charge in [-0.2, -0.15) is 0 Å². The van der Waals surface area contributed by atoms with Gasteiger partial charge < -0.3 is 0 Å². The van der Waals surface area contributed by atoms with E-state index in [1.54, 1.807) is 0 Å². The highest BCUT2D eigenvalue weighted by atomic mass is 14.2. The molecule has 0 aromatic heterocycles. The molecule has 0 aromatic rings. The van der Waals surface area contributed by atoms with Crippen molar-refractivity contribution in [1.29, 1.82) is 0 Å². The van der Waals surface area contributed by atoms with Crippen LogP contribution in [0.1, 0.15) is 73.6 Å². The Hall–Kier alpha value is -0.780. The number of hydrogen-bond donors (Lipinski definition) is 0. The van der Waals surface area contributed by atoms with Crippen LogP contribution < -0.4 is 0 Å². The maximum absolute atomic E-state index is 2.45. The van der Waals surface area contributed by atoms with Crippen molar-refractivity contribution >= 4 is 0 Å². The number of rotatable bonds is 8. The predicted molar refractivity (Wildman–Crippen MR) is 96.4 cm³/mol. The van der Waals surface area contributed by atoms with Crippen LogP contribution in [0.5, 0.6) is 0 Å². The van der Waals surface area contributed by atoms with Crippen LogP contribution in [0.4, 0.5) is 0 Å². The molecular formula is C21H36. The maximum atomic E-state index is 2.45.